The first-order valence-electron chi connectivity index (χ1n) is 6.79. The van der Waals surface area contributed by atoms with Crippen molar-refractivity contribution in [3.8, 4) is 0 Å². The van der Waals surface area contributed by atoms with Gasteiger partial charge in [-0.05, 0) is 35.9 Å². The lowest BCUT2D eigenvalue weighted by molar-refractivity contribution is -0.143. The van der Waals surface area contributed by atoms with Gasteiger partial charge in [0.2, 0.25) is 5.91 Å². The van der Waals surface area contributed by atoms with Crippen LogP contribution in [0.3, 0.4) is 0 Å². The summed E-state index contributed by atoms with van der Waals surface area (Å²) in [5, 5.41) is 1.97. The van der Waals surface area contributed by atoms with E-state index in [1.807, 2.05) is 5.32 Å². The third-order valence-electron chi connectivity index (χ3n) is 3.13. The van der Waals surface area contributed by atoms with E-state index in [9.17, 15) is 35.5 Å². The average Bonchev–Trinajstić information content (AvgIpc) is 2.44. The van der Waals surface area contributed by atoms with Crippen molar-refractivity contribution in [2.24, 2.45) is 0 Å². The summed E-state index contributed by atoms with van der Waals surface area (Å²) in [5.74, 6) is -1.50. The topological polar surface area (TPSA) is 29.1 Å². The van der Waals surface area contributed by atoms with Gasteiger partial charge in [0.1, 0.15) is 5.82 Å². The monoisotopic (exact) mass is 365 g/mol. The van der Waals surface area contributed by atoms with Crippen molar-refractivity contribution in [2.75, 3.05) is 5.32 Å². The molecule has 134 valence electrons. The molecule has 2 aromatic carbocycles. The minimum Gasteiger partial charge on any atom is -0.326 e. The Bertz CT molecular complexity index is 749. The molecule has 2 aromatic rings. The van der Waals surface area contributed by atoms with Crippen LogP contribution in [-0.2, 0) is 23.6 Å². The summed E-state index contributed by atoms with van der Waals surface area (Å²) in [6, 6.07) is 5.65. The second-order valence-corrected chi connectivity index (χ2v) is 5.15. The first-order valence-corrected chi connectivity index (χ1v) is 6.79. The largest absolute Gasteiger partial charge is 0.416 e. The Morgan fingerprint density at radius 3 is 1.92 bits per heavy atom. The van der Waals surface area contributed by atoms with Crippen molar-refractivity contribution < 1.29 is 35.5 Å². The third kappa shape index (κ3) is 5.20. The van der Waals surface area contributed by atoms with Gasteiger partial charge in [-0.25, -0.2) is 4.39 Å². The number of rotatable bonds is 3. The Kier molecular flexibility index (Phi) is 5.05. The summed E-state index contributed by atoms with van der Waals surface area (Å²) < 4.78 is 89.5. The highest BCUT2D eigenvalue weighted by Crippen LogP contribution is 2.37. The Hall–Kier alpha value is -2.58. The van der Waals surface area contributed by atoms with E-state index in [0.29, 0.717) is 12.1 Å². The fourth-order valence-corrected chi connectivity index (χ4v) is 2.06. The third-order valence-corrected chi connectivity index (χ3v) is 3.13. The SMILES string of the molecule is O=C(Cc1cccc(F)c1)Nc1cc(C(F)(F)F)cc(C(F)(F)F)c1. The molecule has 0 atom stereocenters. The van der Waals surface area contributed by atoms with Gasteiger partial charge in [-0.1, -0.05) is 12.1 Å². The van der Waals surface area contributed by atoms with E-state index in [2.05, 4.69) is 0 Å². The number of carbonyl (C=O) groups excluding carboxylic acids is 1. The number of hydrogen-bond acceptors (Lipinski definition) is 1. The van der Waals surface area contributed by atoms with Gasteiger partial charge < -0.3 is 5.32 Å². The molecule has 1 N–H and O–H groups in total. The number of hydrogen-bond donors (Lipinski definition) is 1. The zero-order valence-electron chi connectivity index (χ0n) is 12.3. The van der Waals surface area contributed by atoms with Gasteiger partial charge in [-0.15, -0.1) is 0 Å². The zero-order valence-corrected chi connectivity index (χ0v) is 12.3. The van der Waals surface area contributed by atoms with Crippen LogP contribution in [0.5, 0.6) is 0 Å². The lowest BCUT2D eigenvalue weighted by atomic mass is 10.1. The fraction of sp³-hybridized carbons (Fsp3) is 0.188. The molecule has 0 unspecified atom stereocenters. The summed E-state index contributed by atoms with van der Waals surface area (Å²) in [6.45, 7) is 0. The molecule has 0 aliphatic rings. The number of halogens is 7. The quantitative estimate of drug-likeness (QED) is 0.759. The van der Waals surface area contributed by atoms with Crippen LogP contribution >= 0.6 is 0 Å². The molecule has 0 spiro atoms. The van der Waals surface area contributed by atoms with Gasteiger partial charge in [-0.2, -0.15) is 26.3 Å². The first kappa shape index (κ1) is 18.8. The summed E-state index contributed by atoms with van der Waals surface area (Å²) in [4.78, 5) is 11.8. The van der Waals surface area contributed by atoms with Crippen LogP contribution in [0.15, 0.2) is 42.5 Å². The molecule has 9 heteroatoms. The van der Waals surface area contributed by atoms with Crippen LogP contribution in [0.4, 0.5) is 36.4 Å². The Morgan fingerprint density at radius 1 is 0.880 bits per heavy atom. The van der Waals surface area contributed by atoms with Gasteiger partial charge in [0.05, 0.1) is 17.5 Å². The maximum absolute atomic E-state index is 13.0. The highest BCUT2D eigenvalue weighted by atomic mass is 19.4. The number of alkyl halides is 6. The van der Waals surface area contributed by atoms with Crippen molar-refractivity contribution in [1.29, 1.82) is 0 Å². The molecule has 0 aliphatic carbocycles. The Balaban J connectivity index is 2.27. The molecule has 0 fully saturated rings. The van der Waals surface area contributed by atoms with Crippen molar-refractivity contribution in [3.63, 3.8) is 0 Å². The second kappa shape index (κ2) is 6.73. The van der Waals surface area contributed by atoms with Crippen LogP contribution in [0.25, 0.3) is 0 Å². The molecule has 2 nitrogen and oxygen atoms in total. The van der Waals surface area contributed by atoms with Crippen molar-refractivity contribution in [3.05, 3.63) is 65.0 Å². The molecular formula is C16H10F7NO. The molecule has 0 aliphatic heterocycles. The molecule has 1 amide bonds. The van der Waals surface area contributed by atoms with E-state index in [0.717, 1.165) is 12.1 Å². The standard InChI is InChI=1S/C16H10F7NO/c17-12-3-1-2-9(4-12)5-14(25)24-13-7-10(15(18,19)20)6-11(8-13)16(21,22)23/h1-4,6-8H,5H2,(H,24,25). The number of anilines is 1. The number of benzene rings is 2. The van der Waals surface area contributed by atoms with E-state index in [1.54, 1.807) is 0 Å². The molecule has 2 rings (SSSR count). The minimum atomic E-state index is -5.01. The maximum Gasteiger partial charge on any atom is 0.416 e. The highest BCUT2D eigenvalue weighted by Gasteiger charge is 2.37. The Morgan fingerprint density at radius 2 is 1.44 bits per heavy atom. The van der Waals surface area contributed by atoms with Gasteiger partial charge in [0, 0.05) is 5.69 Å². The second-order valence-electron chi connectivity index (χ2n) is 5.15. The predicted molar refractivity (Wildman–Crippen MR) is 75.2 cm³/mol. The normalized spacial score (nSPS) is 12.1. The molecule has 0 heterocycles. The van der Waals surface area contributed by atoms with Gasteiger partial charge in [0.25, 0.3) is 0 Å². The average molecular weight is 365 g/mol. The van der Waals surface area contributed by atoms with Crippen LogP contribution in [-0.4, -0.2) is 5.91 Å². The van der Waals surface area contributed by atoms with Gasteiger partial charge in [-0.3, -0.25) is 4.79 Å². The Labute approximate surface area is 137 Å². The summed E-state index contributed by atoms with van der Waals surface area (Å²) in [6.07, 6.45) is -10.4. The first-order chi connectivity index (χ1) is 11.4. The molecule has 0 aromatic heterocycles. The molecule has 0 radical (unpaired) electrons. The molecule has 0 saturated heterocycles. The summed E-state index contributed by atoms with van der Waals surface area (Å²) in [5.41, 5.74) is -3.50. The number of amides is 1. The van der Waals surface area contributed by atoms with E-state index in [1.165, 1.54) is 12.1 Å². The fourth-order valence-electron chi connectivity index (χ4n) is 2.06. The number of carbonyl (C=O) groups is 1. The van der Waals surface area contributed by atoms with Crippen LogP contribution in [0, 0.1) is 5.82 Å². The predicted octanol–water partition coefficient (Wildman–Crippen LogP) is 5.04. The zero-order chi connectivity index (χ0) is 18.8. The van der Waals surface area contributed by atoms with E-state index >= 15 is 0 Å². The van der Waals surface area contributed by atoms with Crippen molar-refractivity contribution >= 4 is 11.6 Å². The van der Waals surface area contributed by atoms with E-state index in [-0.39, 0.29) is 11.6 Å². The molecule has 0 saturated carbocycles. The summed E-state index contributed by atoms with van der Waals surface area (Å²) >= 11 is 0. The summed E-state index contributed by atoms with van der Waals surface area (Å²) in [7, 11) is 0. The smallest absolute Gasteiger partial charge is 0.326 e. The molecular weight excluding hydrogens is 355 g/mol. The van der Waals surface area contributed by atoms with Crippen LogP contribution in [0.2, 0.25) is 0 Å². The van der Waals surface area contributed by atoms with Gasteiger partial charge >= 0.3 is 12.4 Å². The van der Waals surface area contributed by atoms with Crippen LogP contribution < -0.4 is 5.32 Å². The van der Waals surface area contributed by atoms with Crippen molar-refractivity contribution in [1.82, 2.24) is 0 Å². The minimum absolute atomic E-state index is 0.0395. The van der Waals surface area contributed by atoms with Crippen molar-refractivity contribution in [2.45, 2.75) is 18.8 Å². The molecule has 25 heavy (non-hydrogen) atoms. The molecule has 0 bridgehead atoms. The number of nitrogens with one attached hydrogen (secondary N) is 1. The lowest BCUT2D eigenvalue weighted by Crippen LogP contribution is -2.17. The van der Waals surface area contributed by atoms with Gasteiger partial charge in [0.15, 0.2) is 0 Å². The van der Waals surface area contributed by atoms with E-state index in [4.69, 9.17) is 0 Å². The van der Waals surface area contributed by atoms with E-state index < -0.39 is 47.3 Å². The maximum atomic E-state index is 13.0. The highest BCUT2D eigenvalue weighted by molar-refractivity contribution is 5.92. The lowest BCUT2D eigenvalue weighted by Gasteiger charge is -2.14. The van der Waals surface area contributed by atoms with Crippen LogP contribution in [0.1, 0.15) is 16.7 Å².